The van der Waals surface area contributed by atoms with Gasteiger partial charge >= 0.3 is 66.1 Å². The van der Waals surface area contributed by atoms with Gasteiger partial charge in [0.15, 0.2) is 0 Å². The molecular formula is C10H22N2O4SSe. The van der Waals surface area contributed by atoms with Crippen LogP contribution in [-0.4, -0.2) is 61.2 Å². The zero-order chi connectivity index (χ0) is 14.6. The first-order valence-electron chi connectivity index (χ1n) is 5.31. The monoisotopic (exact) mass is 346 g/mol. The summed E-state index contributed by atoms with van der Waals surface area (Å²) in [6, 6.07) is -1.33. The Labute approximate surface area is 118 Å². The van der Waals surface area contributed by atoms with Gasteiger partial charge in [-0.05, 0) is 18.4 Å². The van der Waals surface area contributed by atoms with Crippen LogP contribution in [0.3, 0.4) is 0 Å². The Hall–Kier alpha value is -0.271. The summed E-state index contributed by atoms with van der Waals surface area (Å²) >= 11 is 2.15. The van der Waals surface area contributed by atoms with Crippen LogP contribution in [-0.2, 0) is 9.59 Å². The Morgan fingerprint density at radius 2 is 1.61 bits per heavy atom. The van der Waals surface area contributed by atoms with E-state index in [0.717, 1.165) is 11.1 Å². The van der Waals surface area contributed by atoms with Gasteiger partial charge in [0.25, 0.3) is 0 Å². The van der Waals surface area contributed by atoms with Gasteiger partial charge in [-0.25, -0.2) is 0 Å². The molecule has 0 fully saturated rings. The first-order valence-corrected chi connectivity index (χ1v) is 9.63. The predicted octanol–water partition coefficient (Wildman–Crippen LogP) is 0.110. The first kappa shape index (κ1) is 20.1. The number of carboxylic acids is 2. The zero-order valence-corrected chi connectivity index (χ0v) is 13.2. The van der Waals surface area contributed by atoms with Crippen LogP contribution in [0.25, 0.3) is 0 Å². The van der Waals surface area contributed by atoms with Crippen molar-refractivity contribution < 1.29 is 19.8 Å². The van der Waals surface area contributed by atoms with Crippen molar-refractivity contribution in [2.45, 2.75) is 36.1 Å². The van der Waals surface area contributed by atoms with Crippen molar-refractivity contribution >= 4 is 38.7 Å². The van der Waals surface area contributed by atoms with E-state index in [1.807, 2.05) is 6.26 Å². The molecule has 0 aliphatic rings. The minimum atomic E-state index is -0.913. The van der Waals surface area contributed by atoms with E-state index >= 15 is 0 Å². The Morgan fingerprint density at radius 1 is 1.17 bits per heavy atom. The SMILES string of the molecule is CSCC[C@H](N)C(=O)O.C[Se]CC[C@H](N)C(=O)O. The minimum absolute atomic E-state index is 0.549. The Kier molecular flexibility index (Phi) is 14.7. The topological polar surface area (TPSA) is 127 Å². The molecule has 0 bridgehead atoms. The summed E-state index contributed by atoms with van der Waals surface area (Å²) in [5, 5.41) is 17.5. The van der Waals surface area contributed by atoms with Crippen LogP contribution in [0.15, 0.2) is 0 Å². The summed E-state index contributed by atoms with van der Waals surface area (Å²) in [7, 11) is 0. The van der Waals surface area contributed by atoms with Gasteiger partial charge in [-0.15, -0.1) is 0 Å². The molecule has 0 saturated heterocycles. The van der Waals surface area contributed by atoms with Crippen LogP contribution < -0.4 is 11.5 Å². The molecule has 0 aromatic carbocycles. The molecule has 2 atom stereocenters. The van der Waals surface area contributed by atoms with E-state index in [9.17, 15) is 9.59 Å². The number of hydrogen-bond donors (Lipinski definition) is 4. The second-order valence-electron chi connectivity index (χ2n) is 3.45. The number of hydrogen-bond acceptors (Lipinski definition) is 5. The van der Waals surface area contributed by atoms with Gasteiger partial charge in [-0.3, -0.25) is 4.79 Å². The molecule has 6 nitrogen and oxygen atoms in total. The molecule has 0 rings (SSSR count). The van der Waals surface area contributed by atoms with Crippen LogP contribution in [0.1, 0.15) is 12.8 Å². The predicted molar refractivity (Wildman–Crippen MR) is 75.3 cm³/mol. The average Bonchev–Trinajstić information content (AvgIpc) is 2.33. The standard InChI is InChI=1S/C5H11NO2S.C5H11NO2Se/c2*1-9-3-2-4(6)5(7)8/h2*4H,2-3,6H2,1H3,(H,7,8)/t2*4-/m00/s1. The van der Waals surface area contributed by atoms with Gasteiger partial charge in [0.05, 0.1) is 0 Å². The average molecular weight is 345 g/mol. The molecule has 0 saturated carbocycles. The van der Waals surface area contributed by atoms with Gasteiger partial charge in [-0.1, -0.05) is 0 Å². The number of nitrogens with two attached hydrogens (primary N) is 2. The summed E-state index contributed by atoms with van der Waals surface area (Å²) in [6.07, 6.45) is 3.09. The number of aliphatic carboxylic acids is 2. The third-order valence-electron chi connectivity index (χ3n) is 1.90. The molecule has 0 aliphatic heterocycles. The van der Waals surface area contributed by atoms with E-state index in [4.69, 9.17) is 21.7 Å². The molecule has 8 heteroatoms. The molecule has 0 aliphatic carbocycles. The molecule has 18 heavy (non-hydrogen) atoms. The molecule has 0 radical (unpaired) electrons. The molecule has 0 unspecified atom stereocenters. The second kappa shape index (κ2) is 13.2. The molecule has 0 aromatic heterocycles. The van der Waals surface area contributed by atoms with Crippen LogP contribution in [0.4, 0.5) is 0 Å². The van der Waals surface area contributed by atoms with Crippen molar-refractivity contribution in [1.82, 2.24) is 0 Å². The van der Waals surface area contributed by atoms with Crippen molar-refractivity contribution in [3.8, 4) is 0 Å². The van der Waals surface area contributed by atoms with Gasteiger partial charge in [0.1, 0.15) is 6.04 Å². The Balaban J connectivity index is 0. The maximum absolute atomic E-state index is 10.1. The fourth-order valence-electron chi connectivity index (χ4n) is 0.737. The van der Waals surface area contributed by atoms with Crippen LogP contribution >= 0.6 is 11.8 Å². The summed E-state index contributed by atoms with van der Waals surface area (Å²) < 4.78 is 0. The molecule has 0 aromatic rings. The zero-order valence-electron chi connectivity index (χ0n) is 10.7. The summed E-state index contributed by atoms with van der Waals surface area (Å²) in [5.41, 5.74) is 10.4. The van der Waals surface area contributed by atoms with Crippen molar-refractivity contribution in [2.75, 3.05) is 12.0 Å². The Morgan fingerprint density at radius 3 is 1.94 bits per heavy atom. The van der Waals surface area contributed by atoms with Crippen LogP contribution in [0, 0.1) is 0 Å². The number of carboxylic acid groups (broad SMARTS) is 2. The van der Waals surface area contributed by atoms with Crippen molar-refractivity contribution in [2.24, 2.45) is 11.5 Å². The third kappa shape index (κ3) is 13.8. The Bertz CT molecular complexity index is 220. The molecule has 0 heterocycles. The molecular weight excluding hydrogens is 323 g/mol. The van der Waals surface area contributed by atoms with E-state index in [0.29, 0.717) is 27.8 Å². The second-order valence-corrected chi connectivity index (χ2v) is 6.51. The van der Waals surface area contributed by atoms with E-state index in [-0.39, 0.29) is 0 Å². The van der Waals surface area contributed by atoms with Gasteiger partial charge in [0.2, 0.25) is 0 Å². The summed E-state index contributed by atoms with van der Waals surface area (Å²) in [4.78, 5) is 20.2. The molecule has 0 spiro atoms. The summed E-state index contributed by atoms with van der Waals surface area (Å²) in [6.45, 7) is 0. The van der Waals surface area contributed by atoms with Gasteiger partial charge < -0.3 is 10.8 Å². The first-order chi connectivity index (χ1) is 8.36. The number of rotatable bonds is 8. The van der Waals surface area contributed by atoms with Crippen LogP contribution in [0.5, 0.6) is 0 Å². The number of thioether (sulfide) groups is 1. The third-order valence-corrected chi connectivity index (χ3v) is 3.90. The molecule has 0 amide bonds. The van der Waals surface area contributed by atoms with Crippen molar-refractivity contribution in [1.29, 1.82) is 0 Å². The fourth-order valence-corrected chi connectivity index (χ4v) is 2.25. The maximum atomic E-state index is 10.1. The van der Waals surface area contributed by atoms with E-state index in [1.165, 1.54) is 0 Å². The van der Waals surface area contributed by atoms with Crippen molar-refractivity contribution in [3.63, 3.8) is 0 Å². The summed E-state index contributed by atoms with van der Waals surface area (Å²) in [5.74, 6) is 1.08. The van der Waals surface area contributed by atoms with Gasteiger partial charge in [-0.2, -0.15) is 11.8 Å². The molecule has 108 valence electrons. The van der Waals surface area contributed by atoms with Gasteiger partial charge in [0, 0.05) is 0 Å². The van der Waals surface area contributed by atoms with E-state index < -0.39 is 24.0 Å². The van der Waals surface area contributed by atoms with Crippen molar-refractivity contribution in [3.05, 3.63) is 0 Å². The van der Waals surface area contributed by atoms with Crippen LogP contribution in [0.2, 0.25) is 11.1 Å². The number of carbonyl (C=O) groups is 2. The fraction of sp³-hybridized carbons (Fsp3) is 0.800. The van der Waals surface area contributed by atoms with E-state index in [2.05, 4.69) is 5.82 Å². The van der Waals surface area contributed by atoms with E-state index in [1.54, 1.807) is 11.8 Å². The molecule has 6 N–H and O–H groups in total. The normalized spacial score (nSPS) is 13.1. The quantitative estimate of drug-likeness (QED) is 0.460.